The van der Waals surface area contributed by atoms with Crippen molar-refractivity contribution in [1.29, 1.82) is 0 Å². The lowest BCUT2D eigenvalue weighted by atomic mass is 10.2. The molecule has 1 unspecified atom stereocenters. The Morgan fingerprint density at radius 3 is 2.62 bits per heavy atom. The third kappa shape index (κ3) is 3.23. The molecule has 0 aliphatic carbocycles. The van der Waals surface area contributed by atoms with E-state index >= 15 is 0 Å². The second kappa shape index (κ2) is 4.86. The molecule has 0 amide bonds. The molecule has 16 heavy (non-hydrogen) atoms. The Morgan fingerprint density at radius 2 is 2.12 bits per heavy atom. The Hall–Kier alpha value is -1.04. The van der Waals surface area contributed by atoms with Gasteiger partial charge in [-0.2, -0.15) is 18.3 Å². The number of rotatable bonds is 4. The molecule has 1 heterocycles. The number of aliphatic hydroxyl groups excluding tert-OH is 1. The first-order valence-electron chi connectivity index (χ1n) is 5.13. The van der Waals surface area contributed by atoms with Crippen LogP contribution in [0, 0.1) is 0 Å². The zero-order chi connectivity index (χ0) is 12.3. The predicted molar refractivity (Wildman–Crippen MR) is 53.0 cm³/mol. The molecule has 1 rings (SSSR count). The van der Waals surface area contributed by atoms with Crippen LogP contribution < -0.4 is 0 Å². The van der Waals surface area contributed by atoms with Crippen molar-refractivity contribution in [3.05, 3.63) is 18.0 Å². The van der Waals surface area contributed by atoms with E-state index < -0.39 is 18.7 Å². The maximum Gasteiger partial charge on any atom is 0.414 e. The first kappa shape index (κ1) is 13.0. The molecular formula is C10H15F3N2O. The van der Waals surface area contributed by atoms with Crippen LogP contribution in [0.3, 0.4) is 0 Å². The largest absolute Gasteiger partial charge is 0.414 e. The minimum atomic E-state index is -4.58. The van der Waals surface area contributed by atoms with Crippen molar-refractivity contribution in [1.82, 2.24) is 9.78 Å². The van der Waals surface area contributed by atoms with Crippen LogP contribution in [0.4, 0.5) is 13.2 Å². The quantitative estimate of drug-likeness (QED) is 0.871. The number of halogens is 3. The van der Waals surface area contributed by atoms with Gasteiger partial charge in [0.05, 0.1) is 5.69 Å². The van der Waals surface area contributed by atoms with Gasteiger partial charge in [0, 0.05) is 18.7 Å². The normalized spacial score (nSPS) is 16.1. The number of aliphatic hydroxyl groups is 1. The van der Waals surface area contributed by atoms with Gasteiger partial charge in [-0.15, -0.1) is 0 Å². The highest BCUT2D eigenvalue weighted by Crippen LogP contribution is 2.22. The first-order chi connectivity index (χ1) is 7.34. The summed E-state index contributed by atoms with van der Waals surface area (Å²) in [4.78, 5) is 0. The third-order valence-electron chi connectivity index (χ3n) is 2.49. The molecule has 0 spiro atoms. The second-order valence-corrected chi connectivity index (χ2v) is 3.81. The molecule has 1 N–H and O–H groups in total. The zero-order valence-corrected chi connectivity index (χ0v) is 9.20. The van der Waals surface area contributed by atoms with Crippen molar-refractivity contribution in [2.24, 2.45) is 0 Å². The van der Waals surface area contributed by atoms with Crippen LogP contribution in [0.15, 0.2) is 12.3 Å². The predicted octanol–water partition coefficient (Wildman–Crippen LogP) is 2.32. The fraction of sp³-hybridized carbons (Fsp3) is 0.700. The van der Waals surface area contributed by atoms with Crippen LogP contribution in [-0.4, -0.2) is 27.2 Å². The van der Waals surface area contributed by atoms with Gasteiger partial charge in [-0.25, -0.2) is 0 Å². The zero-order valence-electron chi connectivity index (χ0n) is 9.20. The van der Waals surface area contributed by atoms with Crippen LogP contribution in [0.5, 0.6) is 0 Å². The van der Waals surface area contributed by atoms with Gasteiger partial charge in [0.25, 0.3) is 0 Å². The van der Waals surface area contributed by atoms with E-state index in [0.717, 1.165) is 6.42 Å². The van der Waals surface area contributed by atoms with Gasteiger partial charge in [-0.1, -0.05) is 6.92 Å². The van der Waals surface area contributed by atoms with Crippen LogP contribution in [0.1, 0.15) is 32.0 Å². The van der Waals surface area contributed by atoms with Gasteiger partial charge in [-0.3, -0.25) is 4.68 Å². The molecule has 0 bridgehead atoms. The molecule has 6 heteroatoms. The average molecular weight is 236 g/mol. The molecule has 0 fully saturated rings. The van der Waals surface area contributed by atoms with Crippen molar-refractivity contribution in [3.8, 4) is 0 Å². The number of nitrogens with zero attached hydrogens (tertiary/aromatic N) is 2. The van der Waals surface area contributed by atoms with Gasteiger partial charge in [0.2, 0.25) is 0 Å². The third-order valence-corrected chi connectivity index (χ3v) is 2.49. The number of aromatic nitrogens is 2. The number of alkyl halides is 3. The highest BCUT2D eigenvalue weighted by molar-refractivity contribution is 5.02. The van der Waals surface area contributed by atoms with Crippen molar-refractivity contribution < 1.29 is 18.3 Å². The molecule has 3 nitrogen and oxygen atoms in total. The summed E-state index contributed by atoms with van der Waals surface area (Å²) < 4.78 is 37.9. The van der Waals surface area contributed by atoms with E-state index in [4.69, 9.17) is 5.11 Å². The van der Waals surface area contributed by atoms with Gasteiger partial charge >= 0.3 is 6.18 Å². The van der Waals surface area contributed by atoms with Crippen molar-refractivity contribution >= 4 is 0 Å². The summed E-state index contributed by atoms with van der Waals surface area (Å²) in [7, 11) is 0. The standard InChI is InChI=1S/C10H15F3N2O/c1-3-7(2)15-5-4-8(14-15)6-9(16)10(11,12)13/h4-5,7,9,16H,3,6H2,1-2H3/t7?,9-/m1/s1. The SMILES string of the molecule is CCC(C)n1ccc(C[C@@H](O)C(F)(F)F)n1. The highest BCUT2D eigenvalue weighted by atomic mass is 19.4. The molecule has 0 aromatic carbocycles. The molecular weight excluding hydrogens is 221 g/mol. The van der Waals surface area contributed by atoms with Crippen LogP contribution in [-0.2, 0) is 6.42 Å². The molecule has 0 aliphatic heterocycles. The maximum atomic E-state index is 12.1. The van der Waals surface area contributed by atoms with Crippen molar-refractivity contribution in [2.75, 3.05) is 0 Å². The van der Waals surface area contributed by atoms with E-state index in [9.17, 15) is 13.2 Å². The minimum Gasteiger partial charge on any atom is -0.383 e. The van der Waals surface area contributed by atoms with Gasteiger partial charge < -0.3 is 5.11 Å². The summed E-state index contributed by atoms with van der Waals surface area (Å²) in [6.45, 7) is 3.90. The molecule has 0 aliphatic rings. The number of hydrogen-bond donors (Lipinski definition) is 1. The molecule has 0 radical (unpaired) electrons. The van der Waals surface area contributed by atoms with E-state index in [0.29, 0.717) is 0 Å². The summed E-state index contributed by atoms with van der Waals surface area (Å²) in [6, 6.07) is 1.65. The van der Waals surface area contributed by atoms with Gasteiger partial charge in [0.15, 0.2) is 6.10 Å². The Balaban J connectivity index is 2.66. The van der Waals surface area contributed by atoms with Crippen LogP contribution in [0.2, 0.25) is 0 Å². The highest BCUT2D eigenvalue weighted by Gasteiger charge is 2.38. The monoisotopic (exact) mass is 236 g/mol. The van der Waals surface area contributed by atoms with E-state index in [1.165, 1.54) is 6.07 Å². The smallest absolute Gasteiger partial charge is 0.383 e. The van der Waals surface area contributed by atoms with Crippen LogP contribution >= 0.6 is 0 Å². The second-order valence-electron chi connectivity index (χ2n) is 3.81. The molecule has 1 aromatic rings. The van der Waals surface area contributed by atoms with E-state index in [2.05, 4.69) is 5.10 Å². The molecule has 0 saturated heterocycles. The Bertz CT molecular complexity index is 335. The van der Waals surface area contributed by atoms with Gasteiger partial charge in [0.1, 0.15) is 0 Å². The Kier molecular flexibility index (Phi) is 3.96. The maximum absolute atomic E-state index is 12.1. The van der Waals surface area contributed by atoms with Crippen LogP contribution in [0.25, 0.3) is 0 Å². The van der Waals surface area contributed by atoms with Crippen molar-refractivity contribution in [3.63, 3.8) is 0 Å². The summed E-state index contributed by atoms with van der Waals surface area (Å²) >= 11 is 0. The summed E-state index contributed by atoms with van der Waals surface area (Å²) in [6.07, 6.45) is -4.93. The lowest BCUT2D eigenvalue weighted by Crippen LogP contribution is -2.30. The summed E-state index contributed by atoms with van der Waals surface area (Å²) in [5, 5.41) is 12.9. The molecule has 92 valence electrons. The van der Waals surface area contributed by atoms with E-state index in [1.807, 2.05) is 13.8 Å². The minimum absolute atomic E-state index is 0.150. The fourth-order valence-electron chi connectivity index (χ4n) is 1.23. The van der Waals surface area contributed by atoms with E-state index in [-0.39, 0.29) is 11.7 Å². The fourth-order valence-corrected chi connectivity index (χ4v) is 1.23. The Labute approximate surface area is 91.9 Å². The molecule has 0 saturated carbocycles. The average Bonchev–Trinajstić information content (AvgIpc) is 2.63. The van der Waals surface area contributed by atoms with Crippen molar-refractivity contribution in [2.45, 2.75) is 45.0 Å². The number of hydrogen-bond acceptors (Lipinski definition) is 2. The topological polar surface area (TPSA) is 38.0 Å². The molecule has 2 atom stereocenters. The van der Waals surface area contributed by atoms with Gasteiger partial charge in [-0.05, 0) is 19.4 Å². The molecule has 1 aromatic heterocycles. The first-order valence-corrected chi connectivity index (χ1v) is 5.13. The summed E-state index contributed by atoms with van der Waals surface area (Å²) in [5.41, 5.74) is 0.255. The summed E-state index contributed by atoms with van der Waals surface area (Å²) in [5.74, 6) is 0. The lowest BCUT2D eigenvalue weighted by Gasteiger charge is -2.13. The lowest BCUT2D eigenvalue weighted by molar-refractivity contribution is -0.203. The Morgan fingerprint density at radius 1 is 1.50 bits per heavy atom. The van der Waals surface area contributed by atoms with E-state index in [1.54, 1.807) is 10.9 Å².